The van der Waals surface area contributed by atoms with Crippen LogP contribution in [0.2, 0.25) is 5.02 Å². The molecule has 1 aliphatic rings. The van der Waals surface area contributed by atoms with Crippen LogP contribution in [0.4, 0.5) is 0 Å². The lowest BCUT2D eigenvalue weighted by Gasteiger charge is -2.23. The van der Waals surface area contributed by atoms with E-state index in [4.69, 9.17) is 26.8 Å². The van der Waals surface area contributed by atoms with E-state index in [0.717, 1.165) is 12.2 Å². The van der Waals surface area contributed by atoms with Crippen molar-refractivity contribution in [3.63, 3.8) is 0 Å². The Balaban J connectivity index is 1.93. The van der Waals surface area contributed by atoms with Gasteiger partial charge >= 0.3 is 0 Å². The smallest absolute Gasteiger partial charge is 0.269 e. The highest BCUT2D eigenvalue weighted by Crippen LogP contribution is 2.29. The number of primary amides is 1. The van der Waals surface area contributed by atoms with Crippen LogP contribution >= 0.6 is 11.6 Å². The third-order valence-electron chi connectivity index (χ3n) is 3.59. The molecule has 1 fully saturated rings. The van der Waals surface area contributed by atoms with Crippen LogP contribution in [0.15, 0.2) is 18.3 Å². The Kier molecular flexibility index (Phi) is 4.98. The van der Waals surface area contributed by atoms with Crippen molar-refractivity contribution in [2.75, 3.05) is 26.3 Å². The summed E-state index contributed by atoms with van der Waals surface area (Å²) >= 11 is 6.15. The first-order valence-electron chi connectivity index (χ1n) is 7.61. The number of morpholine rings is 1. The third kappa shape index (κ3) is 3.21. The van der Waals surface area contributed by atoms with Gasteiger partial charge in [0.2, 0.25) is 0 Å². The molecule has 3 heterocycles. The maximum atomic E-state index is 11.7. The van der Waals surface area contributed by atoms with Crippen molar-refractivity contribution >= 4 is 17.5 Å². The molecule has 1 amide bonds. The van der Waals surface area contributed by atoms with E-state index in [1.54, 1.807) is 19.2 Å². The SMILES string of the molecule is CCOc1nn(-c2ccc([C@@H]3CNCCO3)nc2)c(C(N)=O)c1Cl. The lowest BCUT2D eigenvalue weighted by atomic mass is 10.2. The van der Waals surface area contributed by atoms with Crippen molar-refractivity contribution < 1.29 is 14.3 Å². The highest BCUT2D eigenvalue weighted by molar-refractivity contribution is 6.34. The number of ether oxygens (including phenoxy) is 2. The van der Waals surface area contributed by atoms with Crippen molar-refractivity contribution in [1.29, 1.82) is 0 Å². The monoisotopic (exact) mass is 351 g/mol. The Morgan fingerprint density at radius 1 is 1.58 bits per heavy atom. The molecule has 24 heavy (non-hydrogen) atoms. The molecule has 0 unspecified atom stereocenters. The zero-order valence-electron chi connectivity index (χ0n) is 13.2. The fraction of sp³-hybridized carbons (Fsp3) is 0.400. The number of hydrogen-bond donors (Lipinski definition) is 2. The molecule has 0 aromatic carbocycles. The summed E-state index contributed by atoms with van der Waals surface area (Å²) in [4.78, 5) is 16.1. The van der Waals surface area contributed by atoms with Gasteiger partial charge in [0.15, 0.2) is 5.69 Å². The van der Waals surface area contributed by atoms with Gasteiger partial charge in [-0.2, -0.15) is 0 Å². The van der Waals surface area contributed by atoms with Gasteiger partial charge in [0, 0.05) is 13.1 Å². The zero-order chi connectivity index (χ0) is 17.1. The Morgan fingerprint density at radius 2 is 2.42 bits per heavy atom. The zero-order valence-corrected chi connectivity index (χ0v) is 13.9. The first-order chi connectivity index (χ1) is 11.6. The Labute approximate surface area is 143 Å². The van der Waals surface area contributed by atoms with Gasteiger partial charge in [-0.05, 0) is 19.1 Å². The lowest BCUT2D eigenvalue weighted by Crippen LogP contribution is -2.33. The second-order valence-electron chi connectivity index (χ2n) is 5.18. The van der Waals surface area contributed by atoms with Crippen molar-refractivity contribution in [2.24, 2.45) is 5.73 Å². The number of carbonyl (C=O) groups is 1. The second kappa shape index (κ2) is 7.16. The van der Waals surface area contributed by atoms with Crippen LogP contribution in [0.3, 0.4) is 0 Å². The molecule has 128 valence electrons. The average molecular weight is 352 g/mol. The predicted molar refractivity (Wildman–Crippen MR) is 87.6 cm³/mol. The van der Waals surface area contributed by atoms with E-state index >= 15 is 0 Å². The number of rotatable bonds is 5. The van der Waals surface area contributed by atoms with E-state index < -0.39 is 5.91 Å². The Bertz CT molecular complexity index is 725. The number of pyridine rings is 1. The highest BCUT2D eigenvalue weighted by Gasteiger charge is 2.23. The van der Waals surface area contributed by atoms with Gasteiger partial charge in [-0.25, -0.2) is 4.68 Å². The molecule has 1 saturated heterocycles. The molecule has 0 spiro atoms. The van der Waals surface area contributed by atoms with Crippen LogP contribution in [0.25, 0.3) is 5.69 Å². The molecule has 3 rings (SSSR count). The quantitative estimate of drug-likeness (QED) is 0.835. The van der Waals surface area contributed by atoms with Gasteiger partial charge < -0.3 is 20.5 Å². The average Bonchev–Trinajstić information content (AvgIpc) is 2.93. The van der Waals surface area contributed by atoms with E-state index in [1.165, 1.54) is 4.68 Å². The van der Waals surface area contributed by atoms with Gasteiger partial charge in [0.1, 0.15) is 11.1 Å². The van der Waals surface area contributed by atoms with Crippen LogP contribution in [-0.4, -0.2) is 47.0 Å². The summed E-state index contributed by atoms with van der Waals surface area (Å²) in [5.74, 6) is -0.529. The van der Waals surface area contributed by atoms with Crippen LogP contribution < -0.4 is 15.8 Å². The molecule has 0 aliphatic carbocycles. The van der Waals surface area contributed by atoms with E-state index in [-0.39, 0.29) is 22.7 Å². The molecule has 0 saturated carbocycles. The number of amides is 1. The first-order valence-corrected chi connectivity index (χ1v) is 7.99. The molecule has 0 bridgehead atoms. The number of aromatic nitrogens is 3. The van der Waals surface area contributed by atoms with Crippen LogP contribution in [0, 0.1) is 0 Å². The number of nitrogens with zero attached hydrogens (tertiary/aromatic N) is 3. The molecule has 2 aromatic heterocycles. The summed E-state index contributed by atoms with van der Waals surface area (Å²) in [5, 5.41) is 7.55. The summed E-state index contributed by atoms with van der Waals surface area (Å²) in [5.41, 5.74) is 6.84. The molecule has 0 radical (unpaired) electrons. The maximum absolute atomic E-state index is 11.7. The van der Waals surface area contributed by atoms with Gasteiger partial charge in [-0.3, -0.25) is 9.78 Å². The number of carbonyl (C=O) groups excluding carboxylic acids is 1. The fourth-order valence-corrected chi connectivity index (χ4v) is 2.74. The minimum atomic E-state index is -0.692. The van der Waals surface area contributed by atoms with Gasteiger partial charge in [0.25, 0.3) is 11.8 Å². The number of nitrogens with one attached hydrogen (secondary N) is 1. The summed E-state index contributed by atoms with van der Waals surface area (Å²) in [6.07, 6.45) is 1.50. The standard InChI is InChI=1S/C15H18ClN5O3/c1-2-23-15-12(16)13(14(17)22)21(20-15)9-3-4-10(19-7-9)11-8-18-5-6-24-11/h3-4,7,11,18H,2,5-6,8H2,1H3,(H2,17,22)/t11-/m0/s1. The molecular formula is C15H18ClN5O3. The van der Waals surface area contributed by atoms with E-state index in [2.05, 4.69) is 15.4 Å². The number of nitrogens with two attached hydrogens (primary N) is 1. The Hall–Kier alpha value is -2.16. The summed E-state index contributed by atoms with van der Waals surface area (Å²) < 4.78 is 12.3. The van der Waals surface area contributed by atoms with E-state index in [0.29, 0.717) is 25.4 Å². The minimum Gasteiger partial charge on any atom is -0.476 e. The number of hydrogen-bond acceptors (Lipinski definition) is 6. The van der Waals surface area contributed by atoms with Crippen molar-refractivity contribution in [1.82, 2.24) is 20.1 Å². The molecule has 8 nitrogen and oxygen atoms in total. The molecule has 1 aliphatic heterocycles. The summed E-state index contributed by atoms with van der Waals surface area (Å²) in [6.45, 7) is 4.36. The normalized spacial score (nSPS) is 17.7. The van der Waals surface area contributed by atoms with Gasteiger partial charge in [-0.15, -0.1) is 5.10 Å². The lowest BCUT2D eigenvalue weighted by molar-refractivity contribution is 0.0250. The number of halogens is 1. The molecule has 3 N–H and O–H groups in total. The van der Waals surface area contributed by atoms with E-state index in [9.17, 15) is 4.79 Å². The van der Waals surface area contributed by atoms with Crippen molar-refractivity contribution in [3.05, 3.63) is 34.7 Å². The topological polar surface area (TPSA) is 104 Å². The van der Waals surface area contributed by atoms with Crippen molar-refractivity contribution in [3.8, 4) is 11.6 Å². The first kappa shape index (κ1) is 16.7. The fourth-order valence-electron chi connectivity index (χ4n) is 2.48. The highest BCUT2D eigenvalue weighted by atomic mass is 35.5. The van der Waals surface area contributed by atoms with Crippen LogP contribution in [0.5, 0.6) is 5.88 Å². The third-order valence-corrected chi connectivity index (χ3v) is 3.93. The Morgan fingerprint density at radius 3 is 3.00 bits per heavy atom. The molecule has 9 heteroatoms. The molecule has 2 aromatic rings. The maximum Gasteiger partial charge on any atom is 0.269 e. The van der Waals surface area contributed by atoms with Crippen LogP contribution in [0.1, 0.15) is 29.2 Å². The second-order valence-corrected chi connectivity index (χ2v) is 5.56. The van der Waals surface area contributed by atoms with Gasteiger partial charge in [0.05, 0.1) is 30.8 Å². The minimum absolute atomic E-state index is 0.0604. The largest absolute Gasteiger partial charge is 0.476 e. The van der Waals surface area contributed by atoms with E-state index in [1.807, 2.05) is 6.07 Å². The predicted octanol–water partition coefficient (Wildman–Crippen LogP) is 1.08. The summed E-state index contributed by atoms with van der Waals surface area (Å²) in [6, 6.07) is 3.61. The molecular weight excluding hydrogens is 334 g/mol. The van der Waals surface area contributed by atoms with Crippen LogP contribution in [-0.2, 0) is 4.74 Å². The summed E-state index contributed by atoms with van der Waals surface area (Å²) in [7, 11) is 0. The van der Waals surface area contributed by atoms with Gasteiger partial charge in [-0.1, -0.05) is 11.6 Å². The van der Waals surface area contributed by atoms with Crippen molar-refractivity contribution in [2.45, 2.75) is 13.0 Å². The molecule has 1 atom stereocenters.